The molecule has 120 valence electrons. The van der Waals surface area contributed by atoms with Gasteiger partial charge in [-0.05, 0) is 13.8 Å². The van der Waals surface area contributed by atoms with Crippen molar-refractivity contribution in [1.82, 2.24) is 15.1 Å². The van der Waals surface area contributed by atoms with Gasteiger partial charge in [-0.15, -0.1) is 0 Å². The van der Waals surface area contributed by atoms with Gasteiger partial charge in [-0.3, -0.25) is 4.79 Å². The molecule has 0 aromatic carbocycles. The van der Waals surface area contributed by atoms with Crippen LogP contribution in [0.15, 0.2) is 22.8 Å². The first-order chi connectivity index (χ1) is 10.4. The van der Waals surface area contributed by atoms with E-state index < -0.39 is 18.7 Å². The van der Waals surface area contributed by atoms with Gasteiger partial charge in [0.05, 0.1) is 13.4 Å². The molecule has 0 bridgehead atoms. The number of carbonyl (C=O) groups excluding carboxylic acids is 1. The Morgan fingerprint density at radius 3 is 2.59 bits per heavy atom. The molecule has 1 atom stereocenters. The van der Waals surface area contributed by atoms with Gasteiger partial charge in [-0.1, -0.05) is 10.3 Å². The number of rotatable bonds is 5. The second-order valence-electron chi connectivity index (χ2n) is 4.50. The lowest BCUT2D eigenvalue weighted by Gasteiger charge is -2.21. The molecule has 1 aliphatic heterocycles. The topological polar surface area (TPSA) is 110 Å². The van der Waals surface area contributed by atoms with Crippen molar-refractivity contribution in [1.29, 1.82) is 0 Å². The molecule has 0 aliphatic carbocycles. The second kappa shape index (κ2) is 6.99. The zero-order valence-electron chi connectivity index (χ0n) is 12.3. The van der Waals surface area contributed by atoms with Gasteiger partial charge in [-0.2, -0.15) is 0 Å². The summed E-state index contributed by atoms with van der Waals surface area (Å²) in [6, 6.07) is -0.777. The minimum Gasteiger partial charge on any atom is -0.468 e. The number of hydrogen-bond donors (Lipinski definition) is 2. The van der Waals surface area contributed by atoms with Crippen LogP contribution in [-0.4, -0.2) is 40.5 Å². The number of oxime groups is 2. The largest absolute Gasteiger partial charge is 0.468 e. The third-order valence-corrected chi connectivity index (χ3v) is 4.81. The number of imidazole rings is 1. The molecule has 1 aromatic heterocycles. The zero-order chi connectivity index (χ0) is 16.2. The van der Waals surface area contributed by atoms with E-state index in [0.29, 0.717) is 11.4 Å². The lowest BCUT2D eigenvalue weighted by atomic mass is 10.2. The number of nitrogens with one attached hydrogen (secondary N) is 2. The fraction of sp³-hybridized carbons (Fsp3) is 0.455. The van der Waals surface area contributed by atoms with E-state index in [4.69, 9.17) is 25.8 Å². The predicted molar refractivity (Wildman–Crippen MR) is 83.9 cm³/mol. The normalized spacial score (nSPS) is 18.1. The summed E-state index contributed by atoms with van der Waals surface area (Å²) in [6.45, 7) is 0.336. The van der Waals surface area contributed by atoms with Crippen molar-refractivity contribution in [3.8, 4) is 0 Å². The molecule has 0 saturated carbocycles. The molecule has 22 heavy (non-hydrogen) atoms. The maximum Gasteiger partial charge on any atom is 0.408 e. The summed E-state index contributed by atoms with van der Waals surface area (Å²) in [6.07, 6.45) is 3.40. The maximum absolute atomic E-state index is 11.9. The number of esters is 1. The molecule has 11 heteroatoms. The molecular weight excluding hydrogens is 329 g/mol. The van der Waals surface area contributed by atoms with Gasteiger partial charge in [0.2, 0.25) is 0 Å². The van der Waals surface area contributed by atoms with Crippen LogP contribution >= 0.6 is 6.64 Å². The first kappa shape index (κ1) is 16.6. The molecule has 2 rings (SSSR count). The average molecular weight is 345 g/mol. The third-order valence-electron chi connectivity index (χ3n) is 2.87. The summed E-state index contributed by atoms with van der Waals surface area (Å²) in [5, 5.41) is 10.6. The minimum atomic E-state index is -3.10. The first-order valence-corrected chi connectivity index (χ1v) is 8.97. The maximum atomic E-state index is 11.9. The Balaban J connectivity index is 2.16. The minimum absolute atomic E-state index is 0.281. The highest BCUT2D eigenvalue weighted by Gasteiger charge is 2.33. The average Bonchev–Trinajstić information content (AvgIpc) is 2.97. The van der Waals surface area contributed by atoms with Crippen molar-refractivity contribution in [2.24, 2.45) is 10.3 Å². The van der Waals surface area contributed by atoms with Crippen LogP contribution in [-0.2, 0) is 37.0 Å². The fourth-order valence-electron chi connectivity index (χ4n) is 1.56. The molecule has 0 spiro atoms. The Labute approximate surface area is 132 Å². The number of methoxy groups -OCH3 is 1. The lowest BCUT2D eigenvalue weighted by molar-refractivity contribution is -0.142. The number of aromatic amines is 1. The van der Waals surface area contributed by atoms with E-state index in [9.17, 15) is 4.79 Å². The molecule has 9 nitrogen and oxygen atoms in total. The summed E-state index contributed by atoms with van der Waals surface area (Å²) in [4.78, 5) is 18.7. The summed E-state index contributed by atoms with van der Waals surface area (Å²) in [7, 11) is 1.29. The van der Waals surface area contributed by atoms with Crippen LogP contribution in [0.1, 0.15) is 19.5 Å². The first-order valence-electron chi connectivity index (χ1n) is 6.33. The van der Waals surface area contributed by atoms with E-state index in [2.05, 4.69) is 25.4 Å². The SMILES string of the molecule is COC(=O)C(Cc1cnc[nH]1)NP1(=S)ON=C(C)C(C)=NO1. The highest BCUT2D eigenvalue weighted by atomic mass is 32.5. The summed E-state index contributed by atoms with van der Waals surface area (Å²) in [5.74, 6) is -0.503. The van der Waals surface area contributed by atoms with Crippen molar-refractivity contribution in [2.75, 3.05) is 7.11 Å². The van der Waals surface area contributed by atoms with E-state index in [1.807, 2.05) is 0 Å². The Kier molecular flexibility index (Phi) is 5.28. The molecule has 1 unspecified atom stereocenters. The number of ether oxygens (including phenoxy) is 1. The Bertz CT molecular complexity index is 621. The van der Waals surface area contributed by atoms with Gasteiger partial charge in [0.25, 0.3) is 0 Å². The number of aromatic nitrogens is 2. The van der Waals surface area contributed by atoms with E-state index >= 15 is 0 Å². The van der Waals surface area contributed by atoms with E-state index in [0.717, 1.165) is 5.69 Å². The molecule has 2 heterocycles. The highest BCUT2D eigenvalue weighted by Crippen LogP contribution is 2.46. The number of hydrogen-bond acceptors (Lipinski definition) is 8. The van der Waals surface area contributed by atoms with Gasteiger partial charge in [0, 0.05) is 30.1 Å². The summed E-state index contributed by atoms with van der Waals surface area (Å²) < 4.78 is 15.3. The van der Waals surface area contributed by atoms with E-state index in [1.165, 1.54) is 13.4 Å². The highest BCUT2D eigenvalue weighted by molar-refractivity contribution is 8.09. The number of H-pyrrole nitrogens is 1. The lowest BCUT2D eigenvalue weighted by Crippen LogP contribution is -2.38. The van der Waals surface area contributed by atoms with Crippen LogP contribution < -0.4 is 5.09 Å². The molecule has 0 saturated heterocycles. The van der Waals surface area contributed by atoms with E-state index in [-0.39, 0.29) is 6.42 Å². The van der Waals surface area contributed by atoms with Crippen molar-refractivity contribution in [2.45, 2.75) is 26.3 Å². The number of carbonyl (C=O) groups is 1. The predicted octanol–water partition coefficient (Wildman–Crippen LogP) is 1.11. The van der Waals surface area contributed by atoms with Crippen LogP contribution in [0, 0.1) is 0 Å². The van der Waals surface area contributed by atoms with Crippen molar-refractivity contribution in [3.05, 3.63) is 18.2 Å². The van der Waals surface area contributed by atoms with Gasteiger partial charge < -0.3 is 19.0 Å². The quantitative estimate of drug-likeness (QED) is 0.607. The molecule has 1 aromatic rings. The monoisotopic (exact) mass is 345 g/mol. The van der Waals surface area contributed by atoms with Gasteiger partial charge >= 0.3 is 12.6 Å². The zero-order valence-corrected chi connectivity index (χ0v) is 14.0. The van der Waals surface area contributed by atoms with Crippen LogP contribution in [0.5, 0.6) is 0 Å². The molecule has 0 fully saturated rings. The van der Waals surface area contributed by atoms with Crippen molar-refractivity contribution in [3.63, 3.8) is 0 Å². The molecular formula is C11H16N5O4PS. The van der Waals surface area contributed by atoms with E-state index in [1.54, 1.807) is 20.0 Å². The molecule has 1 aliphatic rings. The van der Waals surface area contributed by atoms with Crippen LogP contribution in [0.4, 0.5) is 0 Å². The molecule has 0 radical (unpaired) electrons. The molecule has 2 N–H and O–H groups in total. The van der Waals surface area contributed by atoms with Crippen molar-refractivity contribution < 1.29 is 18.8 Å². The van der Waals surface area contributed by atoms with Gasteiger partial charge in [0.1, 0.15) is 17.5 Å². The molecule has 0 amide bonds. The Hall–Kier alpha value is -1.77. The van der Waals surface area contributed by atoms with Gasteiger partial charge in [-0.25, -0.2) is 10.1 Å². The van der Waals surface area contributed by atoms with Crippen LogP contribution in [0.25, 0.3) is 0 Å². The number of nitrogens with zero attached hydrogens (tertiary/aromatic N) is 3. The van der Waals surface area contributed by atoms with Crippen LogP contribution in [0.2, 0.25) is 0 Å². The Morgan fingerprint density at radius 1 is 1.45 bits per heavy atom. The summed E-state index contributed by atoms with van der Waals surface area (Å²) >= 11 is 5.29. The summed E-state index contributed by atoms with van der Waals surface area (Å²) in [5.41, 5.74) is 1.84. The standard InChI is InChI=1S/C11H16N5O4PS/c1-7-8(2)15-20-21(22,19-14-7)16-10(11(17)18-3)4-9-5-12-6-13-9/h5-6,10H,4H2,1-3H3,(H,12,13)(H,16,22). The van der Waals surface area contributed by atoms with Gasteiger partial charge in [0.15, 0.2) is 0 Å². The third kappa shape index (κ3) is 4.12. The smallest absolute Gasteiger partial charge is 0.408 e. The fourth-order valence-corrected chi connectivity index (χ4v) is 3.30. The van der Waals surface area contributed by atoms with Crippen molar-refractivity contribution >= 4 is 35.8 Å². The second-order valence-corrected chi connectivity index (χ2v) is 7.52. The Morgan fingerprint density at radius 2 is 2.09 bits per heavy atom. The van der Waals surface area contributed by atoms with Crippen LogP contribution in [0.3, 0.4) is 0 Å².